The molecule has 6 heteroatoms. The van der Waals surface area contributed by atoms with E-state index in [1.807, 2.05) is 12.1 Å². The summed E-state index contributed by atoms with van der Waals surface area (Å²) >= 11 is 12.3. The summed E-state index contributed by atoms with van der Waals surface area (Å²) in [6.45, 7) is 0. The molecule has 0 saturated heterocycles. The molecule has 0 aliphatic carbocycles. The first kappa shape index (κ1) is 16.0. The number of rotatable bonds is 3. The standard InChI is InChI=1S/C17H15Cl2NO3/c1-22-15-6-12-11(10-4-3-9(18)5-13(10)19)7-17(21)20-14(12)8-16(15)23-2/h3-6,8,11H,7H2,1-2H3,(H,20,21). The number of benzene rings is 2. The fraction of sp³-hybridized carbons (Fsp3) is 0.235. The zero-order valence-corrected chi connectivity index (χ0v) is 14.2. The predicted octanol–water partition coefficient (Wildman–Crippen LogP) is 4.48. The molecule has 0 radical (unpaired) electrons. The first-order valence-corrected chi connectivity index (χ1v) is 7.79. The molecule has 1 N–H and O–H groups in total. The summed E-state index contributed by atoms with van der Waals surface area (Å²) in [5, 5.41) is 3.97. The molecule has 0 fully saturated rings. The third-order valence-electron chi connectivity index (χ3n) is 3.93. The third-order valence-corrected chi connectivity index (χ3v) is 4.50. The lowest BCUT2D eigenvalue weighted by Gasteiger charge is -2.28. The fourth-order valence-corrected chi connectivity index (χ4v) is 3.39. The minimum Gasteiger partial charge on any atom is -0.493 e. The summed E-state index contributed by atoms with van der Waals surface area (Å²) in [5.74, 6) is 0.941. The van der Waals surface area contributed by atoms with Gasteiger partial charge in [-0.3, -0.25) is 4.79 Å². The molecule has 3 rings (SSSR count). The molecule has 4 nitrogen and oxygen atoms in total. The Morgan fingerprint density at radius 3 is 2.39 bits per heavy atom. The highest BCUT2D eigenvalue weighted by Crippen LogP contribution is 2.44. The van der Waals surface area contributed by atoms with Crippen LogP contribution in [0.3, 0.4) is 0 Å². The van der Waals surface area contributed by atoms with Gasteiger partial charge in [0.25, 0.3) is 0 Å². The monoisotopic (exact) mass is 351 g/mol. The van der Waals surface area contributed by atoms with Gasteiger partial charge in [0, 0.05) is 34.1 Å². The largest absolute Gasteiger partial charge is 0.493 e. The summed E-state index contributed by atoms with van der Waals surface area (Å²) in [6.07, 6.45) is 0.309. The van der Waals surface area contributed by atoms with Crippen molar-refractivity contribution in [2.75, 3.05) is 19.5 Å². The van der Waals surface area contributed by atoms with Crippen LogP contribution in [0.25, 0.3) is 0 Å². The van der Waals surface area contributed by atoms with E-state index in [2.05, 4.69) is 5.32 Å². The summed E-state index contributed by atoms with van der Waals surface area (Å²) in [6, 6.07) is 8.96. The molecule has 2 aromatic rings. The average molecular weight is 352 g/mol. The van der Waals surface area contributed by atoms with Crippen molar-refractivity contribution in [3.8, 4) is 11.5 Å². The summed E-state index contributed by atoms with van der Waals surface area (Å²) in [4.78, 5) is 12.1. The van der Waals surface area contributed by atoms with Gasteiger partial charge in [0.1, 0.15) is 0 Å². The molecule has 1 heterocycles. The molecule has 1 atom stereocenters. The van der Waals surface area contributed by atoms with Crippen LogP contribution >= 0.6 is 23.2 Å². The highest BCUT2D eigenvalue weighted by Gasteiger charge is 2.29. The number of carbonyl (C=O) groups is 1. The molecule has 2 aromatic carbocycles. The minimum atomic E-state index is -0.164. The molecule has 1 aliphatic rings. The molecule has 0 aromatic heterocycles. The number of methoxy groups -OCH3 is 2. The van der Waals surface area contributed by atoms with E-state index < -0.39 is 0 Å². The summed E-state index contributed by atoms with van der Waals surface area (Å²) < 4.78 is 10.7. The number of fused-ring (bicyclic) bond motifs is 1. The van der Waals surface area contributed by atoms with Crippen molar-refractivity contribution >= 4 is 34.8 Å². The maximum atomic E-state index is 12.1. The van der Waals surface area contributed by atoms with Crippen molar-refractivity contribution in [3.63, 3.8) is 0 Å². The van der Waals surface area contributed by atoms with E-state index in [1.165, 1.54) is 0 Å². The maximum Gasteiger partial charge on any atom is 0.225 e. The number of anilines is 1. The number of halogens is 2. The second-order valence-corrected chi connectivity index (χ2v) is 6.11. The van der Waals surface area contributed by atoms with Crippen LogP contribution in [0.15, 0.2) is 30.3 Å². The van der Waals surface area contributed by atoms with Crippen LogP contribution in [0.1, 0.15) is 23.5 Å². The zero-order valence-electron chi connectivity index (χ0n) is 12.7. The lowest BCUT2D eigenvalue weighted by Crippen LogP contribution is -2.23. The Morgan fingerprint density at radius 1 is 1.04 bits per heavy atom. The van der Waals surface area contributed by atoms with Crippen LogP contribution in [0.5, 0.6) is 11.5 Å². The summed E-state index contributed by atoms with van der Waals surface area (Å²) in [7, 11) is 3.14. The van der Waals surface area contributed by atoms with Crippen molar-refractivity contribution in [1.82, 2.24) is 0 Å². The molecular formula is C17H15Cl2NO3. The maximum absolute atomic E-state index is 12.1. The Morgan fingerprint density at radius 2 is 1.74 bits per heavy atom. The number of ether oxygens (including phenoxy) is 2. The Balaban J connectivity index is 2.16. The first-order chi connectivity index (χ1) is 11.0. The van der Waals surface area contributed by atoms with Crippen molar-refractivity contribution in [3.05, 3.63) is 51.5 Å². The van der Waals surface area contributed by atoms with E-state index in [4.69, 9.17) is 32.7 Å². The van der Waals surface area contributed by atoms with Crippen molar-refractivity contribution in [2.45, 2.75) is 12.3 Å². The first-order valence-electron chi connectivity index (χ1n) is 7.04. The number of nitrogens with one attached hydrogen (secondary N) is 1. The van der Waals surface area contributed by atoms with E-state index >= 15 is 0 Å². The molecule has 120 valence electrons. The van der Waals surface area contributed by atoms with Gasteiger partial charge >= 0.3 is 0 Å². The van der Waals surface area contributed by atoms with Crippen molar-refractivity contribution in [1.29, 1.82) is 0 Å². The highest BCUT2D eigenvalue weighted by atomic mass is 35.5. The summed E-state index contributed by atoms with van der Waals surface area (Å²) in [5.41, 5.74) is 2.50. The lowest BCUT2D eigenvalue weighted by atomic mass is 9.84. The van der Waals surface area contributed by atoms with Gasteiger partial charge in [-0.2, -0.15) is 0 Å². The molecular weight excluding hydrogens is 337 g/mol. The van der Waals surface area contributed by atoms with E-state index in [0.29, 0.717) is 33.7 Å². The molecule has 0 spiro atoms. The average Bonchev–Trinajstić information content (AvgIpc) is 2.53. The van der Waals surface area contributed by atoms with Gasteiger partial charge < -0.3 is 14.8 Å². The smallest absolute Gasteiger partial charge is 0.225 e. The van der Waals surface area contributed by atoms with E-state index in [0.717, 1.165) is 11.1 Å². The highest BCUT2D eigenvalue weighted by molar-refractivity contribution is 6.35. The molecule has 0 bridgehead atoms. The van der Waals surface area contributed by atoms with Gasteiger partial charge in [0.05, 0.1) is 14.2 Å². The fourth-order valence-electron chi connectivity index (χ4n) is 2.85. The zero-order chi connectivity index (χ0) is 16.6. The Kier molecular flexibility index (Phi) is 4.37. The second-order valence-electron chi connectivity index (χ2n) is 5.27. The lowest BCUT2D eigenvalue weighted by molar-refractivity contribution is -0.116. The number of hydrogen-bond donors (Lipinski definition) is 1. The molecule has 1 aliphatic heterocycles. The molecule has 0 saturated carbocycles. The number of amides is 1. The van der Waals surface area contributed by atoms with Crippen LogP contribution in [0.4, 0.5) is 5.69 Å². The Hall–Kier alpha value is -1.91. The number of carbonyl (C=O) groups excluding carboxylic acids is 1. The number of hydrogen-bond acceptors (Lipinski definition) is 3. The molecule has 1 amide bonds. The molecule has 1 unspecified atom stereocenters. The van der Waals surface area contributed by atoms with E-state index in [9.17, 15) is 4.79 Å². The second kappa shape index (κ2) is 6.30. The van der Waals surface area contributed by atoms with Gasteiger partial charge in [-0.15, -0.1) is 0 Å². The quantitative estimate of drug-likeness (QED) is 0.886. The van der Waals surface area contributed by atoms with Gasteiger partial charge in [-0.25, -0.2) is 0 Å². The van der Waals surface area contributed by atoms with Crippen molar-refractivity contribution in [2.24, 2.45) is 0 Å². The van der Waals surface area contributed by atoms with Crippen LogP contribution in [-0.4, -0.2) is 20.1 Å². The van der Waals surface area contributed by atoms with Gasteiger partial charge in [-0.05, 0) is 29.3 Å². The third kappa shape index (κ3) is 2.96. The predicted molar refractivity (Wildman–Crippen MR) is 91.1 cm³/mol. The minimum absolute atomic E-state index is 0.0688. The molecule has 23 heavy (non-hydrogen) atoms. The van der Waals surface area contributed by atoms with Crippen LogP contribution in [-0.2, 0) is 4.79 Å². The topological polar surface area (TPSA) is 47.6 Å². The van der Waals surface area contributed by atoms with Crippen LogP contribution in [0.2, 0.25) is 10.0 Å². The van der Waals surface area contributed by atoms with E-state index in [1.54, 1.807) is 32.4 Å². The Bertz CT molecular complexity index is 777. The SMILES string of the molecule is COc1cc2c(cc1OC)C(c1ccc(Cl)cc1Cl)CC(=O)N2. The van der Waals surface area contributed by atoms with Gasteiger partial charge in [0.2, 0.25) is 5.91 Å². The van der Waals surface area contributed by atoms with Gasteiger partial charge in [0.15, 0.2) is 11.5 Å². The van der Waals surface area contributed by atoms with Crippen LogP contribution < -0.4 is 14.8 Å². The van der Waals surface area contributed by atoms with Crippen LogP contribution in [0, 0.1) is 0 Å². The van der Waals surface area contributed by atoms with Crippen molar-refractivity contribution < 1.29 is 14.3 Å². The van der Waals surface area contributed by atoms with Gasteiger partial charge in [-0.1, -0.05) is 29.3 Å². The van der Waals surface area contributed by atoms with E-state index in [-0.39, 0.29) is 11.8 Å². The Labute approximate surface area is 144 Å². The normalized spacial score (nSPS) is 16.5.